The predicted octanol–water partition coefficient (Wildman–Crippen LogP) is 3.35. The van der Waals surface area contributed by atoms with Crippen molar-refractivity contribution in [3.8, 4) is 0 Å². The Kier molecular flexibility index (Phi) is 13.7. The van der Waals surface area contributed by atoms with Crippen molar-refractivity contribution in [2.45, 2.75) is 19.4 Å². The fraction of sp³-hybridized carbons (Fsp3) is 0.303. The van der Waals surface area contributed by atoms with Gasteiger partial charge in [-0.15, -0.1) is 0 Å². The molecule has 1 aromatic heterocycles. The summed E-state index contributed by atoms with van der Waals surface area (Å²) in [6.45, 7) is 3.94. The SMILES string of the molecule is NCCOCCOCCNC(=O)Cc1ccc(Nc2nc(NCCc3ccc(C=O)cc3)nc(NCc3ccccc3)n2)cc1. The first-order valence-electron chi connectivity index (χ1n) is 14.9. The first kappa shape index (κ1) is 33.0. The van der Waals surface area contributed by atoms with Gasteiger partial charge in [-0.05, 0) is 35.2 Å². The molecule has 0 atom stereocenters. The van der Waals surface area contributed by atoms with E-state index < -0.39 is 0 Å². The Balaban J connectivity index is 1.31. The van der Waals surface area contributed by atoms with Gasteiger partial charge in [0.25, 0.3) is 0 Å². The Morgan fingerprint density at radius 3 is 2.09 bits per heavy atom. The van der Waals surface area contributed by atoms with Crippen LogP contribution in [-0.2, 0) is 33.7 Å². The lowest BCUT2D eigenvalue weighted by molar-refractivity contribution is -0.120. The van der Waals surface area contributed by atoms with Gasteiger partial charge in [-0.2, -0.15) is 15.0 Å². The van der Waals surface area contributed by atoms with Crippen molar-refractivity contribution in [3.05, 3.63) is 101 Å². The first-order chi connectivity index (χ1) is 22.1. The molecule has 12 nitrogen and oxygen atoms in total. The summed E-state index contributed by atoms with van der Waals surface area (Å²) in [6, 6.07) is 25.0. The summed E-state index contributed by atoms with van der Waals surface area (Å²) in [5.74, 6) is 1.14. The monoisotopic (exact) mass is 612 g/mol. The van der Waals surface area contributed by atoms with E-state index in [4.69, 9.17) is 15.2 Å². The molecule has 4 rings (SSSR count). The van der Waals surface area contributed by atoms with Gasteiger partial charge in [0.2, 0.25) is 23.8 Å². The molecule has 0 radical (unpaired) electrons. The van der Waals surface area contributed by atoms with Crippen LogP contribution in [0.3, 0.4) is 0 Å². The number of nitrogens with one attached hydrogen (secondary N) is 4. The number of amides is 1. The number of ether oxygens (including phenoxy) is 2. The second-order valence-corrected chi connectivity index (χ2v) is 10.0. The summed E-state index contributed by atoms with van der Waals surface area (Å²) in [6.07, 6.45) is 1.82. The van der Waals surface area contributed by atoms with E-state index in [1.54, 1.807) is 12.1 Å². The number of carbonyl (C=O) groups excluding carboxylic acids is 2. The zero-order valence-corrected chi connectivity index (χ0v) is 25.2. The van der Waals surface area contributed by atoms with Gasteiger partial charge in [-0.3, -0.25) is 9.59 Å². The van der Waals surface area contributed by atoms with E-state index in [9.17, 15) is 9.59 Å². The van der Waals surface area contributed by atoms with E-state index in [2.05, 4.69) is 36.2 Å². The summed E-state index contributed by atoms with van der Waals surface area (Å²) in [4.78, 5) is 36.9. The van der Waals surface area contributed by atoms with E-state index >= 15 is 0 Å². The van der Waals surface area contributed by atoms with Gasteiger partial charge in [0.15, 0.2) is 0 Å². The summed E-state index contributed by atoms with van der Waals surface area (Å²) in [7, 11) is 0. The number of benzene rings is 3. The number of aromatic nitrogens is 3. The molecular formula is C33H40N8O4. The van der Waals surface area contributed by atoms with E-state index in [1.807, 2.05) is 66.7 Å². The lowest BCUT2D eigenvalue weighted by atomic mass is 10.1. The summed E-state index contributed by atoms with van der Waals surface area (Å²) in [5.41, 5.74) is 9.85. The molecule has 3 aromatic carbocycles. The van der Waals surface area contributed by atoms with Crippen LogP contribution in [0.15, 0.2) is 78.9 Å². The molecule has 45 heavy (non-hydrogen) atoms. The summed E-state index contributed by atoms with van der Waals surface area (Å²) >= 11 is 0. The molecule has 12 heteroatoms. The molecule has 236 valence electrons. The quantitative estimate of drug-likeness (QED) is 0.0734. The Hall–Kier alpha value is -4.91. The van der Waals surface area contributed by atoms with Crippen LogP contribution in [0.25, 0.3) is 0 Å². The molecule has 0 aliphatic heterocycles. The number of carbonyl (C=O) groups is 2. The summed E-state index contributed by atoms with van der Waals surface area (Å²) in [5, 5.41) is 12.7. The molecule has 0 saturated carbocycles. The molecule has 1 amide bonds. The third kappa shape index (κ3) is 12.3. The number of hydrogen-bond donors (Lipinski definition) is 5. The maximum absolute atomic E-state index is 12.3. The standard InChI is InChI=1S/C33H40N8O4/c34-15-18-44-20-21-45-19-17-35-30(43)22-26-10-12-29(13-11-26)38-33-40-31(36-16-14-25-6-8-28(24-42)9-7-25)39-32(41-33)37-23-27-4-2-1-3-5-27/h1-13,24H,14-23,34H2,(H,35,43)(H3,36,37,38,39,40,41). The number of hydrogen-bond acceptors (Lipinski definition) is 11. The van der Waals surface area contributed by atoms with Gasteiger partial charge in [0.05, 0.1) is 32.8 Å². The zero-order chi connectivity index (χ0) is 31.5. The van der Waals surface area contributed by atoms with Crippen molar-refractivity contribution in [2.24, 2.45) is 5.73 Å². The van der Waals surface area contributed by atoms with Crippen LogP contribution in [0.2, 0.25) is 0 Å². The average molecular weight is 613 g/mol. The third-order valence-electron chi connectivity index (χ3n) is 6.52. The highest BCUT2D eigenvalue weighted by molar-refractivity contribution is 5.78. The van der Waals surface area contributed by atoms with Crippen molar-refractivity contribution in [3.63, 3.8) is 0 Å². The Labute approximate surface area is 263 Å². The van der Waals surface area contributed by atoms with Crippen LogP contribution >= 0.6 is 0 Å². The minimum Gasteiger partial charge on any atom is -0.378 e. The second-order valence-electron chi connectivity index (χ2n) is 10.0. The number of nitrogens with two attached hydrogens (primary N) is 1. The van der Waals surface area contributed by atoms with Gasteiger partial charge >= 0.3 is 0 Å². The maximum atomic E-state index is 12.3. The van der Waals surface area contributed by atoms with Gasteiger partial charge in [0, 0.05) is 37.4 Å². The molecule has 0 unspecified atom stereocenters. The normalized spacial score (nSPS) is 10.7. The molecule has 0 aliphatic carbocycles. The molecule has 0 fully saturated rings. The van der Waals surface area contributed by atoms with Crippen molar-refractivity contribution >= 4 is 35.7 Å². The lowest BCUT2D eigenvalue weighted by Gasteiger charge is -2.12. The molecular weight excluding hydrogens is 572 g/mol. The Bertz CT molecular complexity index is 1450. The highest BCUT2D eigenvalue weighted by Gasteiger charge is 2.09. The smallest absolute Gasteiger partial charge is 0.233 e. The number of anilines is 4. The number of rotatable bonds is 20. The fourth-order valence-electron chi connectivity index (χ4n) is 4.20. The van der Waals surface area contributed by atoms with Crippen LogP contribution in [0.4, 0.5) is 23.5 Å². The highest BCUT2D eigenvalue weighted by Crippen LogP contribution is 2.18. The van der Waals surface area contributed by atoms with Crippen LogP contribution in [0, 0.1) is 0 Å². The average Bonchev–Trinajstić information content (AvgIpc) is 3.07. The minimum atomic E-state index is -0.0827. The predicted molar refractivity (Wildman–Crippen MR) is 175 cm³/mol. The largest absolute Gasteiger partial charge is 0.378 e. The third-order valence-corrected chi connectivity index (χ3v) is 6.52. The first-order valence-corrected chi connectivity index (χ1v) is 14.9. The molecule has 4 aromatic rings. The van der Waals surface area contributed by atoms with E-state index in [1.165, 1.54) is 0 Å². The Morgan fingerprint density at radius 2 is 1.38 bits per heavy atom. The molecule has 0 aliphatic rings. The second kappa shape index (κ2) is 18.7. The minimum absolute atomic E-state index is 0.0827. The van der Waals surface area contributed by atoms with E-state index in [0.717, 1.165) is 35.1 Å². The van der Waals surface area contributed by atoms with Gasteiger partial charge in [0.1, 0.15) is 6.29 Å². The van der Waals surface area contributed by atoms with Gasteiger partial charge < -0.3 is 36.5 Å². The van der Waals surface area contributed by atoms with Crippen LogP contribution in [0.1, 0.15) is 27.0 Å². The fourth-order valence-corrected chi connectivity index (χ4v) is 4.20. The molecule has 0 saturated heterocycles. The topological polar surface area (TPSA) is 165 Å². The van der Waals surface area contributed by atoms with Gasteiger partial charge in [-0.25, -0.2) is 0 Å². The Morgan fingerprint density at radius 1 is 0.711 bits per heavy atom. The molecule has 0 spiro atoms. The van der Waals surface area contributed by atoms with Crippen LogP contribution in [0.5, 0.6) is 0 Å². The molecule has 6 N–H and O–H groups in total. The van der Waals surface area contributed by atoms with Crippen LogP contribution < -0.4 is 27.0 Å². The van der Waals surface area contributed by atoms with Gasteiger partial charge in [-0.1, -0.05) is 66.7 Å². The van der Waals surface area contributed by atoms with Crippen molar-refractivity contribution in [1.29, 1.82) is 0 Å². The molecule has 1 heterocycles. The molecule has 0 bridgehead atoms. The van der Waals surface area contributed by atoms with Crippen LogP contribution in [-0.4, -0.2) is 73.2 Å². The van der Waals surface area contributed by atoms with E-state index in [0.29, 0.717) is 76.0 Å². The number of nitrogens with zero attached hydrogens (tertiary/aromatic N) is 3. The van der Waals surface area contributed by atoms with Crippen molar-refractivity contribution in [2.75, 3.05) is 62.0 Å². The van der Waals surface area contributed by atoms with E-state index in [-0.39, 0.29) is 12.3 Å². The summed E-state index contributed by atoms with van der Waals surface area (Å²) < 4.78 is 10.7. The van der Waals surface area contributed by atoms with Crippen molar-refractivity contribution < 1.29 is 19.1 Å². The number of aldehydes is 1. The lowest BCUT2D eigenvalue weighted by Crippen LogP contribution is -2.29. The zero-order valence-electron chi connectivity index (χ0n) is 25.2. The highest BCUT2D eigenvalue weighted by atomic mass is 16.5. The maximum Gasteiger partial charge on any atom is 0.233 e. The van der Waals surface area contributed by atoms with Crippen molar-refractivity contribution in [1.82, 2.24) is 20.3 Å².